The van der Waals surface area contributed by atoms with E-state index in [-0.39, 0.29) is 6.10 Å². The molecule has 31 heavy (non-hydrogen) atoms. The van der Waals surface area contributed by atoms with Crippen LogP contribution in [0.25, 0.3) is 0 Å². The monoisotopic (exact) mass is 474 g/mol. The van der Waals surface area contributed by atoms with E-state index in [1.807, 2.05) is 42.0 Å². The first-order chi connectivity index (χ1) is 15.0. The van der Waals surface area contributed by atoms with Gasteiger partial charge in [0.05, 0.1) is 17.9 Å². The summed E-state index contributed by atoms with van der Waals surface area (Å²) in [6, 6.07) is 13.7. The number of imidazole rings is 1. The highest BCUT2D eigenvalue weighted by Crippen LogP contribution is 2.32. The highest BCUT2D eigenvalue weighted by atomic mass is 35.5. The molecule has 1 unspecified atom stereocenters. The first kappa shape index (κ1) is 21.9. The van der Waals surface area contributed by atoms with E-state index in [4.69, 9.17) is 40.2 Å². The summed E-state index contributed by atoms with van der Waals surface area (Å²) in [7, 11) is 0. The molecule has 0 saturated carbocycles. The summed E-state index contributed by atoms with van der Waals surface area (Å²) >= 11 is 17.9. The molecule has 4 rings (SSSR count). The van der Waals surface area contributed by atoms with Crippen molar-refractivity contribution >= 4 is 46.1 Å². The van der Waals surface area contributed by atoms with Gasteiger partial charge in [-0.25, -0.2) is 4.98 Å². The molecule has 1 saturated heterocycles. The van der Waals surface area contributed by atoms with E-state index in [2.05, 4.69) is 26.9 Å². The molecule has 0 radical (unpaired) electrons. The molecule has 2 aromatic carbocycles. The Labute approximate surface area is 198 Å². The van der Waals surface area contributed by atoms with E-state index in [1.165, 1.54) is 5.69 Å². The summed E-state index contributed by atoms with van der Waals surface area (Å²) in [5.41, 5.74) is 2.07. The van der Waals surface area contributed by atoms with Crippen LogP contribution in [0.1, 0.15) is 18.6 Å². The summed E-state index contributed by atoms with van der Waals surface area (Å²) in [5, 5.41) is 1.18. The second kappa shape index (κ2) is 9.90. The number of aromatic nitrogens is 2. The molecule has 5 nitrogen and oxygen atoms in total. The van der Waals surface area contributed by atoms with E-state index < -0.39 is 0 Å². The third-order valence-electron chi connectivity index (χ3n) is 5.45. The van der Waals surface area contributed by atoms with Crippen molar-refractivity contribution in [2.45, 2.75) is 19.6 Å². The predicted octanol–water partition coefficient (Wildman–Crippen LogP) is 5.48. The first-order valence-electron chi connectivity index (χ1n) is 10.2. The highest BCUT2D eigenvalue weighted by Gasteiger charge is 2.20. The van der Waals surface area contributed by atoms with Gasteiger partial charge in [-0.05, 0) is 43.3 Å². The normalized spacial score (nSPS) is 15.1. The maximum absolute atomic E-state index is 6.48. The molecule has 0 spiro atoms. The molecule has 1 aromatic heterocycles. The van der Waals surface area contributed by atoms with Crippen LogP contribution in [0, 0.1) is 0 Å². The van der Waals surface area contributed by atoms with Crippen molar-refractivity contribution in [3.8, 4) is 5.75 Å². The lowest BCUT2D eigenvalue weighted by Gasteiger charge is -2.36. The molecule has 1 aliphatic heterocycles. The van der Waals surface area contributed by atoms with Crippen molar-refractivity contribution in [3.05, 3.63) is 76.8 Å². The number of anilines is 1. The Morgan fingerprint density at radius 1 is 1.10 bits per heavy atom. The standard InChI is InChI=1S/C23H24Cl2N4OS/c1-17(31)28-10-12-29(13-11-28)19-3-5-20(6-4-19)30-23(15-27-9-8-26-16-27)21-7-2-18(24)14-22(21)25/h2-9,14,16,23H,10-13,15H2,1H3. The maximum Gasteiger partial charge on any atom is 0.143 e. The van der Waals surface area contributed by atoms with E-state index in [1.54, 1.807) is 18.6 Å². The average molecular weight is 475 g/mol. The van der Waals surface area contributed by atoms with Crippen LogP contribution in [0.4, 0.5) is 5.69 Å². The Hall–Kier alpha value is -2.28. The molecular formula is C23H24Cl2N4OS. The van der Waals surface area contributed by atoms with E-state index in [0.717, 1.165) is 42.5 Å². The molecule has 1 fully saturated rings. The Morgan fingerprint density at radius 2 is 1.84 bits per heavy atom. The first-order valence-corrected chi connectivity index (χ1v) is 11.3. The van der Waals surface area contributed by atoms with Crippen molar-refractivity contribution in [1.82, 2.24) is 14.5 Å². The van der Waals surface area contributed by atoms with E-state index in [9.17, 15) is 0 Å². The van der Waals surface area contributed by atoms with Gasteiger partial charge in [-0.1, -0.05) is 41.5 Å². The lowest BCUT2D eigenvalue weighted by atomic mass is 10.1. The van der Waals surface area contributed by atoms with Gasteiger partial charge >= 0.3 is 0 Å². The molecule has 0 aliphatic carbocycles. The molecular weight excluding hydrogens is 451 g/mol. The van der Waals surface area contributed by atoms with Gasteiger partial charge in [0.25, 0.3) is 0 Å². The SMILES string of the molecule is CC(=S)N1CCN(c2ccc(OC(Cn3ccnc3)c3ccc(Cl)cc3Cl)cc2)CC1. The zero-order valence-electron chi connectivity index (χ0n) is 17.2. The van der Waals surface area contributed by atoms with Gasteiger partial charge in [0.15, 0.2) is 0 Å². The third kappa shape index (κ3) is 5.50. The van der Waals surface area contributed by atoms with Gasteiger partial charge < -0.3 is 19.1 Å². The van der Waals surface area contributed by atoms with Crippen molar-refractivity contribution in [2.75, 3.05) is 31.1 Å². The van der Waals surface area contributed by atoms with Gasteiger partial charge in [-0.15, -0.1) is 0 Å². The van der Waals surface area contributed by atoms with Crippen molar-refractivity contribution < 1.29 is 4.74 Å². The van der Waals surface area contributed by atoms with Gasteiger partial charge in [-0.2, -0.15) is 0 Å². The van der Waals surface area contributed by atoms with Crippen molar-refractivity contribution in [1.29, 1.82) is 0 Å². The summed E-state index contributed by atoms with van der Waals surface area (Å²) < 4.78 is 8.34. The molecule has 1 aliphatic rings. The number of rotatable bonds is 6. The molecule has 0 N–H and O–H groups in total. The molecule has 1 atom stereocenters. The molecule has 162 valence electrons. The predicted molar refractivity (Wildman–Crippen MR) is 131 cm³/mol. The van der Waals surface area contributed by atoms with E-state index >= 15 is 0 Å². The van der Waals surface area contributed by atoms with Crippen LogP contribution >= 0.6 is 35.4 Å². The van der Waals surface area contributed by atoms with Crippen LogP contribution in [0.2, 0.25) is 10.0 Å². The summed E-state index contributed by atoms with van der Waals surface area (Å²) in [6.45, 7) is 6.40. The Kier molecular flexibility index (Phi) is 7.00. The van der Waals surface area contributed by atoms with Gasteiger partial charge in [0.1, 0.15) is 11.9 Å². The largest absolute Gasteiger partial charge is 0.484 e. The number of piperazine rings is 1. The minimum absolute atomic E-state index is 0.279. The van der Waals surface area contributed by atoms with E-state index in [0.29, 0.717) is 16.6 Å². The van der Waals surface area contributed by atoms with Crippen molar-refractivity contribution in [3.63, 3.8) is 0 Å². The van der Waals surface area contributed by atoms with Gasteiger partial charge in [0, 0.05) is 59.9 Å². The van der Waals surface area contributed by atoms with Crippen LogP contribution < -0.4 is 9.64 Å². The Bertz CT molecular complexity index is 1020. The second-order valence-electron chi connectivity index (χ2n) is 7.52. The summed E-state index contributed by atoms with van der Waals surface area (Å²) in [6.07, 6.45) is 5.15. The number of hydrogen-bond acceptors (Lipinski definition) is 4. The highest BCUT2D eigenvalue weighted by molar-refractivity contribution is 7.80. The number of ether oxygens (including phenoxy) is 1. The average Bonchev–Trinajstić information content (AvgIpc) is 3.27. The Balaban J connectivity index is 1.48. The van der Waals surface area contributed by atoms with Crippen LogP contribution in [-0.4, -0.2) is 45.6 Å². The molecule has 3 aromatic rings. The third-order valence-corrected chi connectivity index (χ3v) is 6.27. The summed E-state index contributed by atoms with van der Waals surface area (Å²) in [5.74, 6) is 0.785. The number of halogens is 2. The maximum atomic E-state index is 6.48. The van der Waals surface area contributed by atoms with Gasteiger partial charge in [-0.3, -0.25) is 0 Å². The van der Waals surface area contributed by atoms with Gasteiger partial charge in [0.2, 0.25) is 0 Å². The topological polar surface area (TPSA) is 33.5 Å². The zero-order valence-corrected chi connectivity index (χ0v) is 19.6. The fraction of sp³-hybridized carbons (Fsp3) is 0.304. The fourth-order valence-corrected chi connectivity index (χ4v) is 4.44. The van der Waals surface area contributed by atoms with Crippen LogP contribution in [0.5, 0.6) is 5.75 Å². The minimum atomic E-state index is -0.279. The molecule has 0 bridgehead atoms. The quantitative estimate of drug-likeness (QED) is 0.441. The number of benzene rings is 2. The van der Waals surface area contributed by atoms with Crippen molar-refractivity contribution in [2.24, 2.45) is 0 Å². The molecule has 0 amide bonds. The lowest BCUT2D eigenvalue weighted by Crippen LogP contribution is -2.47. The molecule has 2 heterocycles. The lowest BCUT2D eigenvalue weighted by molar-refractivity contribution is 0.183. The summed E-state index contributed by atoms with van der Waals surface area (Å²) in [4.78, 5) is 9.72. The smallest absolute Gasteiger partial charge is 0.143 e. The Morgan fingerprint density at radius 3 is 2.45 bits per heavy atom. The number of nitrogens with zero attached hydrogens (tertiary/aromatic N) is 4. The van der Waals surface area contributed by atoms with Crippen LogP contribution in [0.3, 0.4) is 0 Å². The minimum Gasteiger partial charge on any atom is -0.484 e. The zero-order chi connectivity index (χ0) is 21.8. The molecule has 8 heteroatoms. The number of thiocarbonyl (C=S) groups is 1. The van der Waals surface area contributed by atoms with Crippen LogP contribution in [-0.2, 0) is 6.54 Å². The number of hydrogen-bond donors (Lipinski definition) is 0. The van der Waals surface area contributed by atoms with Crippen LogP contribution in [0.15, 0.2) is 61.2 Å². The fourth-order valence-electron chi connectivity index (χ4n) is 3.73. The second-order valence-corrected chi connectivity index (χ2v) is 8.95.